The summed E-state index contributed by atoms with van der Waals surface area (Å²) >= 11 is 0.745. The van der Waals surface area contributed by atoms with Gasteiger partial charge in [0.1, 0.15) is 12.3 Å². The van der Waals surface area contributed by atoms with Gasteiger partial charge in [-0.2, -0.15) is 9.71 Å². The van der Waals surface area contributed by atoms with Gasteiger partial charge >= 0.3 is 11.0 Å². The fraction of sp³-hybridized carbons (Fsp3) is 0.450. The minimum Gasteiger partial charge on any atom is -0.392 e. The molecule has 2 fully saturated rings. The van der Waals surface area contributed by atoms with Crippen LogP contribution in [-0.2, 0) is 24.2 Å². The number of rotatable bonds is 8. The highest BCUT2D eigenvalue weighted by Crippen LogP contribution is 2.33. The molecular formula is C20H23FN3O5S2+. The summed E-state index contributed by atoms with van der Waals surface area (Å²) < 4.78 is 43.4. The highest BCUT2D eigenvalue weighted by atomic mass is 32.2. The Morgan fingerprint density at radius 2 is 1.90 bits per heavy atom. The summed E-state index contributed by atoms with van der Waals surface area (Å²) in [5, 5.41) is 6.06. The number of oxime groups is 1. The summed E-state index contributed by atoms with van der Waals surface area (Å²) in [4.78, 5) is 21.3. The van der Waals surface area contributed by atoms with Gasteiger partial charge in [0.25, 0.3) is 0 Å². The lowest BCUT2D eigenvalue weighted by molar-refractivity contribution is -0.356. The number of carbonyl (C=O) groups excluding carboxylic acids is 1. The predicted octanol–water partition coefficient (Wildman–Crippen LogP) is 2.56. The first-order valence-electron chi connectivity index (χ1n) is 9.96. The average molecular weight is 469 g/mol. The van der Waals surface area contributed by atoms with Crippen LogP contribution in [0.1, 0.15) is 37.7 Å². The van der Waals surface area contributed by atoms with Gasteiger partial charge in [0, 0.05) is 19.1 Å². The first-order valence-corrected chi connectivity index (χ1v) is 12.3. The average Bonchev–Trinajstić information content (AvgIpc) is 3.40. The van der Waals surface area contributed by atoms with Crippen molar-refractivity contribution in [3.8, 4) is 0 Å². The number of methoxy groups -OCH3 is 1. The largest absolute Gasteiger partial charge is 0.392 e. The summed E-state index contributed by atoms with van der Waals surface area (Å²) in [7, 11) is -1.70. The smallest absolute Gasteiger partial charge is 0.362 e. The van der Waals surface area contributed by atoms with Crippen LogP contribution in [0.3, 0.4) is 0 Å². The van der Waals surface area contributed by atoms with Gasteiger partial charge < -0.3 is 9.57 Å². The van der Waals surface area contributed by atoms with E-state index in [1.807, 2.05) is 0 Å². The van der Waals surface area contributed by atoms with E-state index in [0.29, 0.717) is 24.8 Å². The summed E-state index contributed by atoms with van der Waals surface area (Å²) in [5.41, 5.74) is 0.365. The van der Waals surface area contributed by atoms with Crippen LogP contribution in [0.5, 0.6) is 0 Å². The molecule has 0 aliphatic heterocycles. The zero-order valence-corrected chi connectivity index (χ0v) is 18.5. The maximum absolute atomic E-state index is 13.3. The predicted molar refractivity (Wildman–Crippen MR) is 112 cm³/mol. The maximum atomic E-state index is 13.3. The zero-order chi connectivity index (χ0) is 22.0. The minimum absolute atomic E-state index is 0.0292. The summed E-state index contributed by atoms with van der Waals surface area (Å²) in [6.45, 7) is 0. The molecule has 0 bridgehead atoms. The minimum atomic E-state index is -3.34. The lowest BCUT2D eigenvalue weighted by Gasteiger charge is -2.10. The molecule has 1 amide bonds. The molecule has 2 aliphatic rings. The molecule has 1 aromatic heterocycles. The fourth-order valence-corrected chi connectivity index (χ4v) is 5.67. The van der Waals surface area contributed by atoms with E-state index in [4.69, 9.17) is 9.57 Å². The van der Waals surface area contributed by atoms with Crippen molar-refractivity contribution >= 4 is 37.9 Å². The first-order chi connectivity index (χ1) is 14.9. The standard InChI is InChI=1S/C20H22FN3O5S2/c1-28-13-4-5-14(10-13)29-24-18(19(25)23-20-22-11-17(21)30-20)12-2-6-15(7-3-12)31(26,27)16-8-9-16/h2-3,6-7,11,13-14,16H,4-5,8-10H2,1H3,(H,22,23,25)/p+1/b24-18+/t13-,14-/m1/s1. The van der Waals surface area contributed by atoms with E-state index < -0.39 is 20.9 Å². The third-order valence-electron chi connectivity index (χ3n) is 5.34. The van der Waals surface area contributed by atoms with Crippen LogP contribution >= 0.6 is 11.3 Å². The Morgan fingerprint density at radius 1 is 1.19 bits per heavy atom. The van der Waals surface area contributed by atoms with E-state index >= 15 is 0 Å². The number of aromatic nitrogens is 1. The number of ether oxygens (including phenoxy) is 1. The number of aromatic amines is 1. The van der Waals surface area contributed by atoms with Gasteiger partial charge in [0.05, 0.1) is 16.2 Å². The number of thiazole rings is 1. The van der Waals surface area contributed by atoms with Crippen LogP contribution in [0.15, 0.2) is 40.5 Å². The van der Waals surface area contributed by atoms with Crippen LogP contribution < -0.4 is 10.3 Å². The monoisotopic (exact) mass is 468 g/mol. The molecule has 11 heteroatoms. The normalized spacial score (nSPS) is 21.8. The SMILES string of the molecule is CO[C@@H]1CC[C@@H](O/N=C(/C(=O)Nc2[nH+]cc(F)s2)c2ccc(S(=O)(=O)C3CC3)cc2)C1. The van der Waals surface area contributed by atoms with Crippen molar-refractivity contribution in [3.63, 3.8) is 0 Å². The van der Waals surface area contributed by atoms with Gasteiger partial charge in [-0.25, -0.2) is 18.2 Å². The van der Waals surface area contributed by atoms with E-state index in [1.54, 1.807) is 7.11 Å². The van der Waals surface area contributed by atoms with Crippen molar-refractivity contribution in [1.82, 2.24) is 0 Å². The van der Waals surface area contributed by atoms with E-state index in [1.165, 1.54) is 24.3 Å². The molecule has 0 spiro atoms. The van der Waals surface area contributed by atoms with Crippen molar-refractivity contribution in [2.24, 2.45) is 5.16 Å². The third kappa shape index (κ3) is 5.10. The number of hydrogen-bond donors (Lipinski definition) is 1. The number of nitrogens with one attached hydrogen (secondary N) is 2. The molecule has 2 N–H and O–H groups in total. The molecule has 8 nitrogen and oxygen atoms in total. The van der Waals surface area contributed by atoms with E-state index in [2.05, 4.69) is 15.5 Å². The first kappa shape index (κ1) is 21.8. The molecule has 1 aromatic carbocycles. The molecule has 4 rings (SSSR count). The van der Waals surface area contributed by atoms with E-state index in [-0.39, 0.29) is 33.2 Å². The number of anilines is 1. The van der Waals surface area contributed by atoms with E-state index in [9.17, 15) is 17.6 Å². The van der Waals surface area contributed by atoms with Crippen LogP contribution in [0.4, 0.5) is 9.52 Å². The highest BCUT2D eigenvalue weighted by Gasteiger charge is 2.37. The molecule has 0 unspecified atom stereocenters. The van der Waals surface area contributed by atoms with Crippen LogP contribution in [-0.4, -0.2) is 44.6 Å². The lowest BCUT2D eigenvalue weighted by Crippen LogP contribution is -2.27. The van der Waals surface area contributed by atoms with Crippen molar-refractivity contribution < 1.29 is 32.2 Å². The Labute approximate surface area is 183 Å². The molecule has 2 aromatic rings. The molecule has 1 heterocycles. The fourth-order valence-electron chi connectivity index (χ4n) is 3.44. The number of carbonyl (C=O) groups is 1. The topological polar surface area (TPSA) is 108 Å². The van der Waals surface area contributed by atoms with Crippen LogP contribution in [0.25, 0.3) is 0 Å². The number of hydrogen-bond acceptors (Lipinski definition) is 7. The second-order valence-corrected chi connectivity index (χ2v) is 10.8. The lowest BCUT2D eigenvalue weighted by atomic mass is 10.1. The Hall–Kier alpha value is -2.37. The Morgan fingerprint density at radius 3 is 2.48 bits per heavy atom. The van der Waals surface area contributed by atoms with Crippen molar-refractivity contribution in [1.29, 1.82) is 0 Å². The second-order valence-electron chi connectivity index (χ2n) is 7.58. The molecule has 0 saturated heterocycles. The molecular weight excluding hydrogens is 445 g/mol. The Balaban J connectivity index is 1.56. The number of H-pyrrole nitrogens is 1. The van der Waals surface area contributed by atoms with Gasteiger partial charge in [-0.1, -0.05) is 17.3 Å². The highest BCUT2D eigenvalue weighted by molar-refractivity contribution is 7.92. The summed E-state index contributed by atoms with van der Waals surface area (Å²) in [5.74, 6) is -0.600. The second kappa shape index (κ2) is 9.01. The number of sulfone groups is 1. The van der Waals surface area contributed by atoms with Gasteiger partial charge in [-0.15, -0.1) is 0 Å². The zero-order valence-electron chi connectivity index (χ0n) is 16.8. The van der Waals surface area contributed by atoms with Crippen molar-refractivity contribution in [2.75, 3.05) is 12.4 Å². The van der Waals surface area contributed by atoms with E-state index in [0.717, 1.165) is 30.4 Å². The summed E-state index contributed by atoms with van der Waals surface area (Å²) in [6.07, 6.45) is 4.64. The number of amides is 1. The van der Waals surface area contributed by atoms with Gasteiger partial charge in [-0.05, 0) is 49.2 Å². The summed E-state index contributed by atoms with van der Waals surface area (Å²) in [6, 6.07) is 6.00. The van der Waals surface area contributed by atoms with Gasteiger partial charge in [0.2, 0.25) is 5.13 Å². The number of nitrogens with zero attached hydrogens (tertiary/aromatic N) is 1. The van der Waals surface area contributed by atoms with Gasteiger partial charge in [-0.3, -0.25) is 0 Å². The van der Waals surface area contributed by atoms with Crippen LogP contribution in [0.2, 0.25) is 0 Å². The molecule has 2 atom stereocenters. The van der Waals surface area contributed by atoms with Gasteiger partial charge in [0.15, 0.2) is 15.5 Å². The van der Waals surface area contributed by atoms with Crippen molar-refractivity contribution in [2.45, 2.75) is 54.5 Å². The number of benzene rings is 1. The third-order valence-corrected chi connectivity index (χ3v) is 8.36. The molecule has 2 saturated carbocycles. The quantitative estimate of drug-likeness (QED) is 0.473. The van der Waals surface area contributed by atoms with Crippen LogP contribution in [0, 0.1) is 5.13 Å². The molecule has 31 heavy (non-hydrogen) atoms. The molecule has 2 aliphatic carbocycles. The number of halogens is 1. The molecule has 166 valence electrons. The Bertz CT molecular complexity index is 1080. The van der Waals surface area contributed by atoms with Crippen molar-refractivity contribution in [3.05, 3.63) is 41.2 Å². The Kier molecular flexibility index (Phi) is 6.35. The molecule has 0 radical (unpaired) electrons. The maximum Gasteiger partial charge on any atom is 0.362 e.